The van der Waals surface area contributed by atoms with Gasteiger partial charge in [0.2, 0.25) is 5.91 Å². The molecule has 0 radical (unpaired) electrons. The monoisotopic (exact) mass is 402 g/mol. The van der Waals surface area contributed by atoms with E-state index in [0.717, 1.165) is 16.2 Å². The summed E-state index contributed by atoms with van der Waals surface area (Å²) in [5.41, 5.74) is 5.69. The lowest BCUT2D eigenvalue weighted by Crippen LogP contribution is -2.13. The first-order valence-corrected chi connectivity index (χ1v) is 10.4. The third kappa shape index (κ3) is 4.67. The van der Waals surface area contributed by atoms with E-state index < -0.39 is 0 Å². The topological polar surface area (TPSA) is 42.0 Å². The molecule has 0 saturated heterocycles. The van der Waals surface area contributed by atoms with Crippen molar-refractivity contribution in [1.82, 2.24) is 4.98 Å². The number of thiazole rings is 1. The van der Waals surface area contributed by atoms with Crippen LogP contribution < -0.4 is 5.32 Å². The molecule has 0 unspecified atom stereocenters. The molecule has 0 bridgehead atoms. The molecule has 0 saturated carbocycles. The number of anilines is 1. The van der Waals surface area contributed by atoms with E-state index in [-0.39, 0.29) is 5.91 Å². The summed E-state index contributed by atoms with van der Waals surface area (Å²) in [6.07, 6.45) is 0. The Balaban J connectivity index is 1.65. The van der Waals surface area contributed by atoms with E-state index in [0.29, 0.717) is 15.9 Å². The van der Waals surface area contributed by atoms with Crippen molar-refractivity contribution in [2.45, 2.75) is 25.7 Å². The van der Waals surface area contributed by atoms with Gasteiger partial charge in [0.15, 0.2) is 5.13 Å². The molecule has 0 atom stereocenters. The van der Waals surface area contributed by atoms with Crippen LogP contribution in [-0.2, 0) is 4.79 Å². The van der Waals surface area contributed by atoms with Gasteiger partial charge in [-0.1, -0.05) is 29.3 Å². The second-order valence-electron chi connectivity index (χ2n) is 6.10. The first kappa shape index (κ1) is 19.0. The standard InChI is InChI=1S/C20H19ClN2OS2/c1-12-8-13(2)19(14(3)9-12)17-10-26-20(22-17)23-18(24)11-25-16-6-4-15(21)5-7-16/h4-10H,11H2,1-3H3,(H,22,23,24). The number of thioether (sulfide) groups is 1. The van der Waals surface area contributed by atoms with Crippen LogP contribution in [0.2, 0.25) is 5.02 Å². The van der Waals surface area contributed by atoms with E-state index >= 15 is 0 Å². The molecule has 3 rings (SSSR count). The smallest absolute Gasteiger partial charge is 0.236 e. The van der Waals surface area contributed by atoms with Gasteiger partial charge >= 0.3 is 0 Å². The number of hydrogen-bond acceptors (Lipinski definition) is 4. The van der Waals surface area contributed by atoms with Crippen LogP contribution in [0, 0.1) is 20.8 Å². The van der Waals surface area contributed by atoms with E-state index in [1.54, 1.807) is 0 Å². The van der Waals surface area contributed by atoms with E-state index in [2.05, 4.69) is 43.2 Å². The highest BCUT2D eigenvalue weighted by molar-refractivity contribution is 8.00. The SMILES string of the molecule is Cc1cc(C)c(-c2csc(NC(=O)CSc3ccc(Cl)cc3)n2)c(C)c1. The highest BCUT2D eigenvalue weighted by Crippen LogP contribution is 2.31. The van der Waals surface area contributed by atoms with Gasteiger partial charge in [0.25, 0.3) is 0 Å². The molecule has 1 heterocycles. The Kier molecular flexibility index (Phi) is 6.01. The number of carbonyl (C=O) groups excluding carboxylic acids is 1. The van der Waals surface area contributed by atoms with Gasteiger partial charge in [0.05, 0.1) is 11.4 Å². The molecule has 26 heavy (non-hydrogen) atoms. The van der Waals surface area contributed by atoms with Gasteiger partial charge in [-0.3, -0.25) is 4.79 Å². The normalized spacial score (nSPS) is 10.8. The largest absolute Gasteiger partial charge is 0.301 e. The fraction of sp³-hybridized carbons (Fsp3) is 0.200. The number of carbonyl (C=O) groups is 1. The van der Waals surface area contributed by atoms with E-state index in [9.17, 15) is 4.79 Å². The molecule has 1 N–H and O–H groups in total. The van der Waals surface area contributed by atoms with Crippen molar-refractivity contribution in [2.24, 2.45) is 0 Å². The van der Waals surface area contributed by atoms with Crippen LogP contribution in [0.4, 0.5) is 5.13 Å². The molecule has 0 fully saturated rings. The highest BCUT2D eigenvalue weighted by Gasteiger charge is 2.12. The Morgan fingerprint density at radius 1 is 1.15 bits per heavy atom. The first-order valence-electron chi connectivity index (χ1n) is 8.14. The molecule has 1 aromatic heterocycles. The van der Waals surface area contributed by atoms with Gasteiger partial charge in [-0.2, -0.15) is 0 Å². The van der Waals surface area contributed by atoms with Crippen LogP contribution in [0.1, 0.15) is 16.7 Å². The van der Waals surface area contributed by atoms with Crippen LogP contribution in [0.25, 0.3) is 11.3 Å². The number of rotatable bonds is 5. The zero-order valence-corrected chi connectivity index (χ0v) is 17.2. The van der Waals surface area contributed by atoms with Crippen molar-refractivity contribution in [3.63, 3.8) is 0 Å². The van der Waals surface area contributed by atoms with Crippen LogP contribution in [0.15, 0.2) is 46.7 Å². The van der Waals surface area contributed by atoms with Crippen molar-refractivity contribution in [1.29, 1.82) is 0 Å². The fourth-order valence-corrected chi connectivity index (χ4v) is 4.41. The number of aryl methyl sites for hydroxylation is 3. The molecule has 6 heteroatoms. The van der Waals surface area contributed by atoms with Gasteiger partial charge in [-0.05, 0) is 56.2 Å². The summed E-state index contributed by atoms with van der Waals surface area (Å²) >= 11 is 8.79. The van der Waals surface area contributed by atoms with Gasteiger partial charge in [-0.15, -0.1) is 23.1 Å². The van der Waals surface area contributed by atoms with Crippen LogP contribution in [0.5, 0.6) is 0 Å². The quantitative estimate of drug-likeness (QED) is 0.522. The van der Waals surface area contributed by atoms with Gasteiger partial charge in [-0.25, -0.2) is 4.98 Å². The van der Waals surface area contributed by atoms with Crippen molar-refractivity contribution >= 4 is 45.7 Å². The Labute approximate surface area is 166 Å². The summed E-state index contributed by atoms with van der Waals surface area (Å²) < 4.78 is 0. The maximum Gasteiger partial charge on any atom is 0.236 e. The minimum absolute atomic E-state index is 0.0665. The fourth-order valence-electron chi connectivity index (χ4n) is 2.87. The van der Waals surface area contributed by atoms with E-state index in [1.165, 1.54) is 39.8 Å². The number of nitrogens with zero attached hydrogens (tertiary/aromatic N) is 1. The van der Waals surface area contributed by atoms with Crippen LogP contribution >= 0.6 is 34.7 Å². The summed E-state index contributed by atoms with van der Waals surface area (Å²) in [6, 6.07) is 11.8. The number of benzene rings is 2. The summed E-state index contributed by atoms with van der Waals surface area (Å²) in [6.45, 7) is 6.28. The summed E-state index contributed by atoms with van der Waals surface area (Å²) in [7, 11) is 0. The molecule has 2 aromatic carbocycles. The third-order valence-corrected chi connectivity index (χ3v) is 5.89. The number of amides is 1. The zero-order chi connectivity index (χ0) is 18.7. The van der Waals surface area contributed by atoms with Gasteiger partial charge < -0.3 is 5.32 Å². The predicted molar refractivity (Wildman–Crippen MR) is 113 cm³/mol. The molecule has 134 valence electrons. The maximum absolute atomic E-state index is 12.2. The molecule has 0 aliphatic heterocycles. The first-order chi connectivity index (χ1) is 12.4. The second-order valence-corrected chi connectivity index (χ2v) is 8.45. The summed E-state index contributed by atoms with van der Waals surface area (Å²) in [4.78, 5) is 17.8. The van der Waals surface area contributed by atoms with Crippen molar-refractivity contribution in [2.75, 3.05) is 11.1 Å². The molecule has 0 aliphatic carbocycles. The van der Waals surface area contributed by atoms with Crippen molar-refractivity contribution in [3.8, 4) is 11.3 Å². The highest BCUT2D eigenvalue weighted by atomic mass is 35.5. The zero-order valence-electron chi connectivity index (χ0n) is 14.8. The van der Waals surface area contributed by atoms with E-state index in [4.69, 9.17) is 11.6 Å². The average Bonchev–Trinajstić information content (AvgIpc) is 3.01. The Bertz CT molecular complexity index is 912. The van der Waals surface area contributed by atoms with Gasteiger partial charge in [0.1, 0.15) is 0 Å². The summed E-state index contributed by atoms with van der Waals surface area (Å²) in [5.74, 6) is 0.266. The molecule has 1 amide bonds. The predicted octanol–water partition coefficient (Wildman–Crippen LogP) is 6.12. The Morgan fingerprint density at radius 3 is 2.46 bits per heavy atom. The molecule has 3 nitrogen and oxygen atoms in total. The van der Waals surface area contributed by atoms with Crippen LogP contribution in [-0.4, -0.2) is 16.6 Å². The summed E-state index contributed by atoms with van der Waals surface area (Å²) in [5, 5.41) is 6.19. The minimum Gasteiger partial charge on any atom is -0.301 e. The number of nitrogens with one attached hydrogen (secondary N) is 1. The van der Waals surface area contributed by atoms with E-state index in [1.807, 2.05) is 29.6 Å². The number of halogens is 1. The lowest BCUT2D eigenvalue weighted by molar-refractivity contribution is -0.113. The third-order valence-electron chi connectivity index (χ3n) is 3.87. The Morgan fingerprint density at radius 2 is 1.81 bits per heavy atom. The number of aromatic nitrogens is 1. The second kappa shape index (κ2) is 8.25. The lowest BCUT2D eigenvalue weighted by atomic mass is 9.98. The lowest BCUT2D eigenvalue weighted by Gasteiger charge is -2.08. The van der Waals surface area contributed by atoms with Crippen LogP contribution in [0.3, 0.4) is 0 Å². The molecule has 3 aromatic rings. The molecular weight excluding hydrogens is 384 g/mol. The molecular formula is C20H19ClN2OS2. The molecule has 0 aliphatic rings. The Hall–Kier alpha value is -1.82. The van der Waals surface area contributed by atoms with Crippen molar-refractivity contribution in [3.05, 3.63) is 63.5 Å². The maximum atomic E-state index is 12.2. The van der Waals surface area contributed by atoms with Crippen molar-refractivity contribution < 1.29 is 4.79 Å². The number of hydrogen-bond donors (Lipinski definition) is 1. The average molecular weight is 403 g/mol. The minimum atomic E-state index is -0.0665. The molecule has 0 spiro atoms. The van der Waals surface area contributed by atoms with Gasteiger partial charge in [0, 0.05) is 20.9 Å².